The van der Waals surface area contributed by atoms with Gasteiger partial charge in [-0.3, -0.25) is 4.79 Å². The Labute approximate surface area is 132 Å². The quantitative estimate of drug-likeness (QED) is 0.912. The fourth-order valence-electron chi connectivity index (χ4n) is 2.81. The summed E-state index contributed by atoms with van der Waals surface area (Å²) in [4.78, 5) is 28.2. The molecule has 0 radical (unpaired) electrons. The van der Waals surface area contributed by atoms with Gasteiger partial charge in [0.2, 0.25) is 11.2 Å². The van der Waals surface area contributed by atoms with E-state index in [2.05, 4.69) is 9.80 Å². The van der Waals surface area contributed by atoms with Gasteiger partial charge >= 0.3 is 5.97 Å². The zero-order valence-corrected chi connectivity index (χ0v) is 13.0. The number of aromatic carboxylic acids is 1. The molecular weight excluding hydrogens is 300 g/mol. The molecule has 122 valence electrons. The first-order valence-electron chi connectivity index (χ1n) is 7.33. The molecule has 2 aromatic rings. The number of nitrogens with zero attached hydrogens (tertiary/aromatic N) is 2. The van der Waals surface area contributed by atoms with E-state index in [1.54, 1.807) is 12.1 Å². The van der Waals surface area contributed by atoms with Crippen LogP contribution in [0.25, 0.3) is 11.0 Å². The van der Waals surface area contributed by atoms with Gasteiger partial charge in [-0.25, -0.2) is 4.79 Å². The second kappa shape index (κ2) is 5.92. The Morgan fingerprint density at radius 1 is 1.26 bits per heavy atom. The van der Waals surface area contributed by atoms with Crippen LogP contribution in [0.3, 0.4) is 0 Å². The molecule has 3 rings (SSSR count). The molecule has 0 amide bonds. The molecule has 1 N–H and O–H groups in total. The summed E-state index contributed by atoms with van der Waals surface area (Å²) >= 11 is 0. The number of likely N-dealkylation sites (N-methyl/N-ethyl adjacent to an activating group) is 1. The van der Waals surface area contributed by atoms with E-state index < -0.39 is 17.2 Å². The molecule has 1 fully saturated rings. The standard InChI is InChI=1S/C16H18N2O5/c1-17-6-8-18(9-7-17)11-5-3-4-10-12(19)14(22-2)15(16(20)21)23-13(10)11/h3-5H,6-9H2,1-2H3,(H,20,21). The van der Waals surface area contributed by atoms with E-state index in [0.29, 0.717) is 11.0 Å². The van der Waals surface area contributed by atoms with Gasteiger partial charge in [-0.15, -0.1) is 0 Å². The number of benzene rings is 1. The Morgan fingerprint density at radius 3 is 2.57 bits per heavy atom. The number of hydrogen-bond donors (Lipinski definition) is 1. The molecule has 2 heterocycles. The highest BCUT2D eigenvalue weighted by Gasteiger charge is 2.24. The second-order valence-electron chi connectivity index (χ2n) is 5.54. The van der Waals surface area contributed by atoms with Crippen LogP contribution in [0.5, 0.6) is 5.75 Å². The summed E-state index contributed by atoms with van der Waals surface area (Å²) in [7, 11) is 3.31. The number of carboxylic acid groups (broad SMARTS) is 1. The van der Waals surface area contributed by atoms with E-state index in [0.717, 1.165) is 31.9 Å². The Bertz CT molecular complexity index is 806. The normalized spacial score (nSPS) is 15.8. The number of ether oxygens (including phenoxy) is 1. The molecule has 7 nitrogen and oxygen atoms in total. The zero-order chi connectivity index (χ0) is 16.6. The molecule has 1 aliphatic heterocycles. The Kier molecular flexibility index (Phi) is 3.96. The number of hydrogen-bond acceptors (Lipinski definition) is 6. The number of carbonyl (C=O) groups is 1. The molecule has 0 aliphatic carbocycles. The third-order valence-electron chi connectivity index (χ3n) is 4.10. The van der Waals surface area contributed by atoms with Crippen LogP contribution in [0.15, 0.2) is 27.4 Å². The minimum Gasteiger partial charge on any atom is -0.489 e. The highest BCUT2D eigenvalue weighted by atomic mass is 16.5. The van der Waals surface area contributed by atoms with E-state index >= 15 is 0 Å². The molecule has 1 saturated heterocycles. The molecule has 0 unspecified atom stereocenters. The van der Waals surface area contributed by atoms with E-state index in [1.165, 1.54) is 7.11 Å². The number of fused-ring (bicyclic) bond motifs is 1. The minimum atomic E-state index is -1.32. The van der Waals surface area contributed by atoms with Crippen molar-refractivity contribution in [1.29, 1.82) is 0 Å². The van der Waals surface area contributed by atoms with E-state index in [1.807, 2.05) is 13.1 Å². The van der Waals surface area contributed by atoms with Crippen molar-refractivity contribution >= 4 is 22.6 Å². The lowest BCUT2D eigenvalue weighted by Gasteiger charge is -2.34. The van der Waals surface area contributed by atoms with Crippen molar-refractivity contribution in [2.24, 2.45) is 0 Å². The summed E-state index contributed by atoms with van der Waals surface area (Å²) in [5.41, 5.74) is 0.556. The summed E-state index contributed by atoms with van der Waals surface area (Å²) in [5.74, 6) is -2.07. The highest BCUT2D eigenvalue weighted by Crippen LogP contribution is 2.29. The van der Waals surface area contributed by atoms with Gasteiger partial charge in [-0.1, -0.05) is 6.07 Å². The molecule has 1 aromatic carbocycles. The SMILES string of the molecule is COc1c(C(=O)O)oc2c(N3CCN(C)CC3)cccc2c1=O. The number of methoxy groups -OCH3 is 1. The third-order valence-corrected chi connectivity index (χ3v) is 4.10. The first-order chi connectivity index (χ1) is 11.0. The Hall–Kier alpha value is -2.54. The smallest absolute Gasteiger partial charge is 0.375 e. The lowest BCUT2D eigenvalue weighted by molar-refractivity contribution is 0.0657. The predicted molar refractivity (Wildman–Crippen MR) is 85.7 cm³/mol. The molecular formula is C16H18N2O5. The summed E-state index contributed by atoms with van der Waals surface area (Å²) in [6.45, 7) is 3.35. The number of rotatable bonds is 3. The van der Waals surface area contributed by atoms with Gasteiger partial charge < -0.3 is 24.1 Å². The van der Waals surface area contributed by atoms with Crippen LogP contribution in [0.4, 0.5) is 5.69 Å². The fourth-order valence-corrected chi connectivity index (χ4v) is 2.81. The van der Waals surface area contributed by atoms with Gasteiger partial charge in [0.15, 0.2) is 5.58 Å². The number of carboxylic acids is 1. The van der Waals surface area contributed by atoms with Crippen molar-refractivity contribution in [1.82, 2.24) is 4.90 Å². The fraction of sp³-hybridized carbons (Fsp3) is 0.375. The first kappa shape index (κ1) is 15.4. The maximum atomic E-state index is 12.5. The van der Waals surface area contributed by atoms with Crippen molar-refractivity contribution in [3.05, 3.63) is 34.2 Å². The minimum absolute atomic E-state index is 0.277. The van der Waals surface area contributed by atoms with Gasteiger partial charge in [0, 0.05) is 26.2 Å². The topological polar surface area (TPSA) is 83.2 Å². The average Bonchev–Trinajstić information content (AvgIpc) is 2.55. The monoisotopic (exact) mass is 318 g/mol. The molecule has 0 atom stereocenters. The number of para-hydroxylation sites is 1. The molecule has 0 spiro atoms. The molecule has 23 heavy (non-hydrogen) atoms. The Morgan fingerprint density at radius 2 is 1.96 bits per heavy atom. The van der Waals surface area contributed by atoms with Crippen molar-refractivity contribution in [3.63, 3.8) is 0 Å². The van der Waals surface area contributed by atoms with Crippen LogP contribution in [-0.4, -0.2) is 56.3 Å². The molecule has 1 aromatic heterocycles. The molecule has 0 bridgehead atoms. The van der Waals surface area contributed by atoms with Crippen LogP contribution in [0.2, 0.25) is 0 Å². The average molecular weight is 318 g/mol. The summed E-state index contributed by atoms with van der Waals surface area (Å²) in [6.07, 6.45) is 0. The van der Waals surface area contributed by atoms with Crippen LogP contribution < -0.4 is 15.1 Å². The largest absolute Gasteiger partial charge is 0.489 e. The van der Waals surface area contributed by atoms with Gasteiger partial charge in [-0.2, -0.15) is 0 Å². The summed E-state index contributed by atoms with van der Waals surface area (Å²) in [6, 6.07) is 5.23. The summed E-state index contributed by atoms with van der Waals surface area (Å²) in [5, 5.41) is 9.61. The van der Waals surface area contributed by atoms with Crippen LogP contribution >= 0.6 is 0 Å². The van der Waals surface area contributed by atoms with Crippen LogP contribution in [0.1, 0.15) is 10.6 Å². The van der Waals surface area contributed by atoms with Crippen LogP contribution in [0, 0.1) is 0 Å². The van der Waals surface area contributed by atoms with Gasteiger partial charge in [0.25, 0.3) is 5.76 Å². The number of anilines is 1. The zero-order valence-electron chi connectivity index (χ0n) is 13.0. The van der Waals surface area contributed by atoms with E-state index in [-0.39, 0.29) is 5.75 Å². The lowest BCUT2D eigenvalue weighted by atomic mass is 10.1. The van der Waals surface area contributed by atoms with Crippen molar-refractivity contribution < 1.29 is 19.1 Å². The maximum Gasteiger partial charge on any atom is 0.375 e. The van der Waals surface area contributed by atoms with Crippen molar-refractivity contribution in [3.8, 4) is 5.75 Å². The van der Waals surface area contributed by atoms with E-state index in [4.69, 9.17) is 9.15 Å². The third kappa shape index (κ3) is 2.63. The molecule has 7 heteroatoms. The highest BCUT2D eigenvalue weighted by molar-refractivity contribution is 5.95. The molecule has 0 saturated carbocycles. The lowest BCUT2D eigenvalue weighted by Crippen LogP contribution is -2.44. The van der Waals surface area contributed by atoms with Crippen molar-refractivity contribution in [2.75, 3.05) is 45.2 Å². The van der Waals surface area contributed by atoms with E-state index in [9.17, 15) is 14.7 Å². The maximum absolute atomic E-state index is 12.5. The van der Waals surface area contributed by atoms with Crippen molar-refractivity contribution in [2.45, 2.75) is 0 Å². The van der Waals surface area contributed by atoms with Crippen LogP contribution in [-0.2, 0) is 0 Å². The second-order valence-corrected chi connectivity index (χ2v) is 5.54. The number of piperazine rings is 1. The first-order valence-corrected chi connectivity index (χ1v) is 7.33. The Balaban J connectivity index is 2.21. The predicted octanol–water partition coefficient (Wildman–Crippen LogP) is 1.25. The van der Waals surface area contributed by atoms with Gasteiger partial charge in [-0.05, 0) is 19.2 Å². The van der Waals surface area contributed by atoms with Gasteiger partial charge in [0.1, 0.15) is 0 Å². The summed E-state index contributed by atoms with van der Waals surface area (Å²) < 4.78 is 10.5. The van der Waals surface area contributed by atoms with Gasteiger partial charge in [0.05, 0.1) is 18.2 Å². The molecule has 1 aliphatic rings.